The fraction of sp³-hybridized carbons (Fsp3) is 0.692. The van der Waals surface area contributed by atoms with Gasteiger partial charge in [0.05, 0.1) is 5.69 Å². The Hall–Kier alpha value is -1.08. The van der Waals surface area contributed by atoms with Gasteiger partial charge in [-0.15, -0.1) is 0 Å². The summed E-state index contributed by atoms with van der Waals surface area (Å²) in [6.45, 7) is 11.4. The van der Waals surface area contributed by atoms with Crippen LogP contribution in [0.3, 0.4) is 0 Å². The monoisotopic (exact) mass is 335 g/mol. The number of nitrogens with zero attached hydrogens (tertiary/aromatic N) is 1. The van der Waals surface area contributed by atoms with Gasteiger partial charge in [-0.2, -0.15) is 5.10 Å². The van der Waals surface area contributed by atoms with Crippen molar-refractivity contribution in [3.63, 3.8) is 0 Å². The van der Waals surface area contributed by atoms with Gasteiger partial charge < -0.3 is 5.32 Å². The minimum absolute atomic E-state index is 0.150. The third-order valence-electron chi connectivity index (χ3n) is 3.43. The van der Waals surface area contributed by atoms with E-state index in [1.54, 1.807) is 13.8 Å². The van der Waals surface area contributed by atoms with Gasteiger partial charge in [0.25, 0.3) is 15.0 Å². The second-order valence-corrected chi connectivity index (χ2v) is 8.97. The zero-order chi connectivity index (χ0) is 16.6. The van der Waals surface area contributed by atoms with Gasteiger partial charge in [-0.1, -0.05) is 34.6 Å². The number of amides is 1. The fourth-order valence-electron chi connectivity index (χ4n) is 1.62. The second-order valence-electron chi connectivity index (χ2n) is 6.47. The molecule has 0 saturated carbocycles. The summed E-state index contributed by atoms with van der Waals surface area (Å²) in [6.07, 6.45) is 0. The van der Waals surface area contributed by atoms with E-state index < -0.39 is 15.0 Å². The van der Waals surface area contributed by atoms with E-state index in [0.717, 1.165) is 0 Å². The SMILES string of the molecule is CC(C)c1[nH]nc(C(=O)NC(C)C(C)(C)C)c1S(=O)(=O)Cl. The summed E-state index contributed by atoms with van der Waals surface area (Å²) in [5.41, 5.74) is -0.0179. The predicted molar refractivity (Wildman–Crippen MR) is 82.1 cm³/mol. The minimum Gasteiger partial charge on any atom is -0.348 e. The van der Waals surface area contributed by atoms with Crippen LogP contribution in [-0.2, 0) is 9.05 Å². The van der Waals surface area contributed by atoms with E-state index in [9.17, 15) is 13.2 Å². The van der Waals surface area contributed by atoms with Crippen LogP contribution in [0.15, 0.2) is 4.90 Å². The van der Waals surface area contributed by atoms with Gasteiger partial charge in [-0.05, 0) is 18.3 Å². The van der Waals surface area contributed by atoms with E-state index >= 15 is 0 Å². The molecule has 2 N–H and O–H groups in total. The van der Waals surface area contributed by atoms with Crippen LogP contribution in [-0.4, -0.2) is 30.6 Å². The maximum atomic E-state index is 12.3. The highest BCUT2D eigenvalue weighted by Crippen LogP contribution is 2.28. The van der Waals surface area contributed by atoms with Gasteiger partial charge in [0.2, 0.25) is 0 Å². The molecule has 1 heterocycles. The fourth-order valence-corrected chi connectivity index (χ4v) is 3.00. The molecule has 1 amide bonds. The quantitative estimate of drug-likeness (QED) is 0.827. The van der Waals surface area contributed by atoms with E-state index in [-0.39, 0.29) is 28.0 Å². The van der Waals surface area contributed by atoms with Gasteiger partial charge in [-0.3, -0.25) is 9.89 Å². The van der Waals surface area contributed by atoms with Crippen molar-refractivity contribution >= 4 is 25.6 Å². The number of hydrogen-bond donors (Lipinski definition) is 2. The molecule has 6 nitrogen and oxygen atoms in total. The maximum Gasteiger partial charge on any atom is 0.273 e. The van der Waals surface area contributed by atoms with E-state index in [0.29, 0.717) is 5.69 Å². The lowest BCUT2D eigenvalue weighted by Gasteiger charge is -2.27. The van der Waals surface area contributed by atoms with Gasteiger partial charge in [0.1, 0.15) is 4.90 Å². The van der Waals surface area contributed by atoms with Crippen LogP contribution in [0.25, 0.3) is 0 Å². The third kappa shape index (κ3) is 4.20. The molecular weight excluding hydrogens is 314 g/mol. The number of halogens is 1. The molecule has 0 saturated heterocycles. The molecule has 1 rings (SSSR count). The van der Waals surface area contributed by atoms with E-state index in [2.05, 4.69) is 15.5 Å². The molecule has 1 unspecified atom stereocenters. The normalized spacial score (nSPS) is 14.3. The molecule has 120 valence electrons. The van der Waals surface area contributed by atoms with Crippen LogP contribution in [0.2, 0.25) is 0 Å². The molecule has 0 aliphatic carbocycles. The van der Waals surface area contributed by atoms with Crippen LogP contribution >= 0.6 is 10.7 Å². The smallest absolute Gasteiger partial charge is 0.273 e. The largest absolute Gasteiger partial charge is 0.348 e. The Kier molecular flexibility index (Phi) is 5.10. The Balaban J connectivity index is 3.24. The third-order valence-corrected chi connectivity index (χ3v) is 4.79. The van der Waals surface area contributed by atoms with Crippen LogP contribution in [0.4, 0.5) is 0 Å². The summed E-state index contributed by atoms with van der Waals surface area (Å²) in [4.78, 5) is 12.1. The van der Waals surface area contributed by atoms with Crippen LogP contribution in [0, 0.1) is 5.41 Å². The lowest BCUT2D eigenvalue weighted by Crippen LogP contribution is -2.41. The van der Waals surface area contributed by atoms with Gasteiger partial charge in [0.15, 0.2) is 5.69 Å². The van der Waals surface area contributed by atoms with Crippen molar-refractivity contribution in [1.82, 2.24) is 15.5 Å². The van der Waals surface area contributed by atoms with Crippen molar-refractivity contribution in [3.05, 3.63) is 11.4 Å². The number of aromatic nitrogens is 2. The summed E-state index contributed by atoms with van der Waals surface area (Å²) in [5, 5.41) is 9.19. The van der Waals surface area contributed by atoms with Crippen molar-refractivity contribution in [2.75, 3.05) is 0 Å². The van der Waals surface area contributed by atoms with Gasteiger partial charge >= 0.3 is 0 Å². The first kappa shape index (κ1) is 18.0. The highest BCUT2D eigenvalue weighted by Gasteiger charge is 2.31. The minimum atomic E-state index is -4.06. The molecular formula is C13H22ClN3O3S. The molecule has 0 bridgehead atoms. The standard InChI is InChI=1S/C13H22ClN3O3S/c1-7(2)9-11(21(14,19)20)10(17-16-9)12(18)15-8(3)13(4,5)6/h7-8H,1-6H3,(H,15,18)(H,16,17). The van der Waals surface area contributed by atoms with Gasteiger partial charge in [-0.25, -0.2) is 8.42 Å². The van der Waals surface area contributed by atoms with Crippen LogP contribution in [0.5, 0.6) is 0 Å². The maximum absolute atomic E-state index is 12.3. The van der Waals surface area contributed by atoms with Crippen LogP contribution < -0.4 is 5.32 Å². The van der Waals surface area contributed by atoms with Crippen molar-refractivity contribution in [1.29, 1.82) is 0 Å². The zero-order valence-electron chi connectivity index (χ0n) is 13.1. The Morgan fingerprint density at radius 1 is 1.29 bits per heavy atom. The van der Waals surface area contributed by atoms with E-state index in [1.807, 2.05) is 27.7 Å². The first-order valence-electron chi connectivity index (χ1n) is 6.69. The highest BCUT2D eigenvalue weighted by molar-refractivity contribution is 8.13. The molecule has 0 fully saturated rings. The predicted octanol–water partition coefficient (Wildman–Crippen LogP) is 2.63. The summed E-state index contributed by atoms with van der Waals surface area (Å²) >= 11 is 0. The summed E-state index contributed by atoms with van der Waals surface area (Å²) in [6, 6.07) is -0.157. The van der Waals surface area contributed by atoms with Crippen molar-refractivity contribution in [2.45, 2.75) is 58.4 Å². The number of carbonyl (C=O) groups excluding carboxylic acids is 1. The molecule has 0 radical (unpaired) electrons. The average molecular weight is 336 g/mol. The van der Waals surface area contributed by atoms with Crippen LogP contribution in [0.1, 0.15) is 63.6 Å². The molecule has 1 aromatic rings. The Bertz CT molecular complexity index is 630. The van der Waals surface area contributed by atoms with Crippen molar-refractivity contribution < 1.29 is 13.2 Å². The molecule has 0 aromatic carbocycles. The first-order valence-corrected chi connectivity index (χ1v) is 9.00. The number of carbonyl (C=O) groups is 1. The van der Waals surface area contributed by atoms with Gasteiger partial charge in [0, 0.05) is 16.7 Å². The molecule has 1 atom stereocenters. The first-order chi connectivity index (χ1) is 9.35. The second kappa shape index (κ2) is 5.96. The average Bonchev–Trinajstić information content (AvgIpc) is 2.71. The number of rotatable bonds is 4. The van der Waals surface area contributed by atoms with Crippen molar-refractivity contribution in [3.8, 4) is 0 Å². The molecule has 21 heavy (non-hydrogen) atoms. The zero-order valence-corrected chi connectivity index (χ0v) is 14.7. The summed E-state index contributed by atoms with van der Waals surface area (Å²) < 4.78 is 23.5. The summed E-state index contributed by atoms with van der Waals surface area (Å²) in [5.74, 6) is -0.706. The number of nitrogens with one attached hydrogen (secondary N) is 2. The molecule has 0 aliphatic heterocycles. The number of hydrogen-bond acceptors (Lipinski definition) is 4. The molecule has 0 aliphatic rings. The molecule has 8 heteroatoms. The van der Waals surface area contributed by atoms with E-state index in [4.69, 9.17) is 10.7 Å². The Morgan fingerprint density at radius 2 is 1.81 bits per heavy atom. The Morgan fingerprint density at radius 3 is 2.19 bits per heavy atom. The van der Waals surface area contributed by atoms with E-state index in [1.165, 1.54) is 0 Å². The Labute approximate surface area is 130 Å². The molecule has 1 aromatic heterocycles. The number of aromatic amines is 1. The molecule has 0 spiro atoms. The lowest BCUT2D eigenvalue weighted by atomic mass is 9.88. The summed E-state index contributed by atoms with van der Waals surface area (Å²) in [7, 11) is 1.39. The van der Waals surface area contributed by atoms with Crippen molar-refractivity contribution in [2.24, 2.45) is 5.41 Å². The highest BCUT2D eigenvalue weighted by atomic mass is 35.7. The number of H-pyrrole nitrogens is 1. The topological polar surface area (TPSA) is 91.9 Å². The lowest BCUT2D eigenvalue weighted by molar-refractivity contribution is 0.0901.